The van der Waals surface area contributed by atoms with Gasteiger partial charge in [0, 0.05) is 43.7 Å². The summed E-state index contributed by atoms with van der Waals surface area (Å²) < 4.78 is 5.35. The minimum absolute atomic E-state index is 0.0881. The molecule has 0 bridgehead atoms. The molecule has 1 rings (SSSR count). The predicted octanol–water partition coefficient (Wildman–Crippen LogP) is 1.55. The van der Waals surface area contributed by atoms with Crippen LogP contribution in [0.1, 0.15) is 53.9 Å². The largest absolute Gasteiger partial charge is 0.379 e. The lowest BCUT2D eigenvalue weighted by Gasteiger charge is -2.16. The van der Waals surface area contributed by atoms with Crippen LogP contribution in [0.25, 0.3) is 0 Å². The molecule has 0 spiro atoms. The SMILES string of the molecule is CC(C)C1CC(=O)N(CCC(=O)NCCOCCC(=O)C(C)(C)C)C1=O. The monoisotopic (exact) mass is 368 g/mol. The number of amides is 3. The van der Waals surface area contributed by atoms with Crippen molar-refractivity contribution in [1.29, 1.82) is 0 Å². The lowest BCUT2D eigenvalue weighted by molar-refractivity contribution is -0.140. The fraction of sp³-hybridized carbons (Fsp3) is 0.789. The summed E-state index contributed by atoms with van der Waals surface area (Å²) in [7, 11) is 0. The summed E-state index contributed by atoms with van der Waals surface area (Å²) >= 11 is 0. The number of imide groups is 1. The quantitative estimate of drug-likeness (QED) is 0.466. The lowest BCUT2D eigenvalue weighted by Crippen LogP contribution is -2.36. The number of carbonyl (C=O) groups excluding carboxylic acids is 4. The van der Waals surface area contributed by atoms with Crippen molar-refractivity contribution in [2.24, 2.45) is 17.3 Å². The number of carbonyl (C=O) groups is 4. The first-order valence-corrected chi connectivity index (χ1v) is 9.26. The zero-order chi connectivity index (χ0) is 19.9. The van der Waals surface area contributed by atoms with E-state index in [9.17, 15) is 19.2 Å². The molecule has 0 aromatic rings. The highest BCUT2D eigenvalue weighted by Gasteiger charge is 2.39. The molecule has 7 heteroatoms. The highest BCUT2D eigenvalue weighted by molar-refractivity contribution is 6.03. The molecule has 26 heavy (non-hydrogen) atoms. The highest BCUT2D eigenvalue weighted by atomic mass is 16.5. The smallest absolute Gasteiger partial charge is 0.233 e. The zero-order valence-electron chi connectivity index (χ0n) is 16.6. The molecule has 1 atom stereocenters. The highest BCUT2D eigenvalue weighted by Crippen LogP contribution is 2.26. The van der Waals surface area contributed by atoms with Gasteiger partial charge in [0.1, 0.15) is 5.78 Å². The summed E-state index contributed by atoms with van der Waals surface area (Å²) in [5.74, 6) is -0.616. The van der Waals surface area contributed by atoms with Crippen LogP contribution in [0.2, 0.25) is 0 Å². The Balaban J connectivity index is 2.17. The van der Waals surface area contributed by atoms with Crippen molar-refractivity contribution in [2.75, 3.05) is 26.3 Å². The number of hydrogen-bond donors (Lipinski definition) is 1. The standard InChI is InChI=1S/C19H32N2O5/c1-13(2)14-12-17(24)21(18(14)25)9-6-16(23)20-8-11-26-10-7-15(22)19(3,4)5/h13-14H,6-12H2,1-5H3,(H,20,23). The third-order valence-corrected chi connectivity index (χ3v) is 4.52. The van der Waals surface area contributed by atoms with Crippen molar-refractivity contribution in [1.82, 2.24) is 10.2 Å². The molecule has 0 radical (unpaired) electrons. The first-order chi connectivity index (χ1) is 12.0. The normalized spacial score (nSPS) is 17.9. The van der Waals surface area contributed by atoms with Gasteiger partial charge in [0.05, 0.1) is 13.2 Å². The van der Waals surface area contributed by atoms with E-state index in [4.69, 9.17) is 4.74 Å². The minimum Gasteiger partial charge on any atom is -0.379 e. The second-order valence-corrected chi connectivity index (χ2v) is 8.07. The maximum Gasteiger partial charge on any atom is 0.233 e. The molecule has 7 nitrogen and oxygen atoms in total. The van der Waals surface area contributed by atoms with Crippen molar-refractivity contribution >= 4 is 23.5 Å². The van der Waals surface area contributed by atoms with Gasteiger partial charge in [0.2, 0.25) is 17.7 Å². The van der Waals surface area contributed by atoms with Crippen molar-refractivity contribution in [3.05, 3.63) is 0 Å². The van der Waals surface area contributed by atoms with Gasteiger partial charge in [0.15, 0.2) is 0 Å². The number of likely N-dealkylation sites (tertiary alicyclic amines) is 1. The number of nitrogens with one attached hydrogen (secondary N) is 1. The third kappa shape index (κ3) is 6.86. The predicted molar refractivity (Wildman–Crippen MR) is 97.2 cm³/mol. The number of nitrogens with zero attached hydrogens (tertiary/aromatic N) is 1. The molecule has 3 amide bonds. The summed E-state index contributed by atoms with van der Waals surface area (Å²) in [4.78, 5) is 48.8. The van der Waals surface area contributed by atoms with Crippen LogP contribution in [0.4, 0.5) is 0 Å². The summed E-state index contributed by atoms with van der Waals surface area (Å²) in [6.45, 7) is 10.5. The van der Waals surface area contributed by atoms with Crippen molar-refractivity contribution in [3.8, 4) is 0 Å². The van der Waals surface area contributed by atoms with E-state index in [1.54, 1.807) is 0 Å². The maximum absolute atomic E-state index is 12.2. The molecule has 1 N–H and O–H groups in total. The van der Waals surface area contributed by atoms with Gasteiger partial charge in [-0.05, 0) is 5.92 Å². The van der Waals surface area contributed by atoms with Gasteiger partial charge in [-0.25, -0.2) is 0 Å². The van der Waals surface area contributed by atoms with Crippen LogP contribution in [-0.4, -0.2) is 54.7 Å². The molecule has 1 aliphatic heterocycles. The molecule has 0 aromatic carbocycles. The number of hydrogen-bond acceptors (Lipinski definition) is 5. The first-order valence-electron chi connectivity index (χ1n) is 9.26. The van der Waals surface area contributed by atoms with Crippen molar-refractivity contribution in [2.45, 2.75) is 53.9 Å². The molecular formula is C19H32N2O5. The Hall–Kier alpha value is -1.76. The van der Waals surface area contributed by atoms with E-state index in [0.717, 1.165) is 0 Å². The summed E-state index contributed by atoms with van der Waals surface area (Å²) in [6, 6.07) is 0. The Bertz CT molecular complexity index is 537. The molecule has 0 saturated carbocycles. The van der Waals surface area contributed by atoms with E-state index in [2.05, 4.69) is 5.32 Å². The van der Waals surface area contributed by atoms with Gasteiger partial charge >= 0.3 is 0 Å². The Morgan fingerprint density at radius 1 is 1.19 bits per heavy atom. The Morgan fingerprint density at radius 3 is 2.38 bits per heavy atom. The van der Waals surface area contributed by atoms with E-state index in [0.29, 0.717) is 26.2 Å². The van der Waals surface area contributed by atoms with E-state index >= 15 is 0 Å². The molecule has 1 aliphatic rings. The zero-order valence-corrected chi connectivity index (χ0v) is 16.6. The average Bonchev–Trinajstić information content (AvgIpc) is 2.82. The van der Waals surface area contributed by atoms with Gasteiger partial charge < -0.3 is 10.1 Å². The molecule has 1 unspecified atom stereocenters. The van der Waals surface area contributed by atoms with Gasteiger partial charge in [-0.3, -0.25) is 24.1 Å². The van der Waals surface area contributed by atoms with E-state index in [1.165, 1.54) is 4.90 Å². The van der Waals surface area contributed by atoms with Gasteiger partial charge in [-0.1, -0.05) is 34.6 Å². The average molecular weight is 368 g/mol. The van der Waals surface area contributed by atoms with Gasteiger partial charge in [-0.15, -0.1) is 0 Å². The Labute approximate surface area is 155 Å². The van der Waals surface area contributed by atoms with E-state index in [-0.39, 0.29) is 60.1 Å². The number of rotatable bonds is 10. The molecule has 0 aromatic heterocycles. The summed E-state index contributed by atoms with van der Waals surface area (Å²) in [6.07, 6.45) is 0.678. The molecular weight excluding hydrogens is 336 g/mol. The Morgan fingerprint density at radius 2 is 1.85 bits per heavy atom. The maximum atomic E-state index is 12.2. The van der Waals surface area contributed by atoms with E-state index < -0.39 is 0 Å². The molecule has 0 aliphatic carbocycles. The second-order valence-electron chi connectivity index (χ2n) is 8.07. The second kappa shape index (κ2) is 9.80. The molecule has 1 saturated heterocycles. The third-order valence-electron chi connectivity index (χ3n) is 4.52. The minimum atomic E-state index is -0.364. The Kier molecular flexibility index (Phi) is 8.40. The first kappa shape index (κ1) is 22.3. The summed E-state index contributed by atoms with van der Waals surface area (Å²) in [5, 5.41) is 2.69. The van der Waals surface area contributed by atoms with Crippen LogP contribution < -0.4 is 5.32 Å². The molecule has 1 heterocycles. The van der Waals surface area contributed by atoms with Crippen molar-refractivity contribution in [3.63, 3.8) is 0 Å². The number of Topliss-reactive ketones (excluding diaryl/α,β-unsaturated/α-hetero) is 1. The number of ketones is 1. The van der Waals surface area contributed by atoms with Gasteiger partial charge in [0.25, 0.3) is 0 Å². The lowest BCUT2D eigenvalue weighted by atomic mass is 9.89. The van der Waals surface area contributed by atoms with Crippen LogP contribution in [0.3, 0.4) is 0 Å². The topological polar surface area (TPSA) is 92.8 Å². The van der Waals surface area contributed by atoms with Crippen LogP contribution in [0, 0.1) is 17.3 Å². The molecule has 148 valence electrons. The fourth-order valence-electron chi connectivity index (χ4n) is 2.67. The van der Waals surface area contributed by atoms with Crippen molar-refractivity contribution < 1.29 is 23.9 Å². The summed E-state index contributed by atoms with van der Waals surface area (Å²) in [5.41, 5.74) is -0.364. The van der Waals surface area contributed by atoms with Crippen LogP contribution in [-0.2, 0) is 23.9 Å². The van der Waals surface area contributed by atoms with Crippen LogP contribution in [0.15, 0.2) is 0 Å². The number of ether oxygens (including phenoxy) is 1. The fourth-order valence-corrected chi connectivity index (χ4v) is 2.67. The van der Waals surface area contributed by atoms with E-state index in [1.807, 2.05) is 34.6 Å². The van der Waals surface area contributed by atoms with Crippen LogP contribution >= 0.6 is 0 Å². The molecule has 1 fully saturated rings. The van der Waals surface area contributed by atoms with Gasteiger partial charge in [-0.2, -0.15) is 0 Å². The van der Waals surface area contributed by atoms with Crippen LogP contribution in [0.5, 0.6) is 0 Å².